The summed E-state index contributed by atoms with van der Waals surface area (Å²) in [6, 6.07) is 71.3. The Labute approximate surface area is 366 Å². The Balaban J connectivity index is 0.981. The Kier molecular flexibility index (Phi) is 7.91. The van der Waals surface area contributed by atoms with Gasteiger partial charge in [0.2, 0.25) is 0 Å². The normalized spacial score (nSPS) is 22.9. The molecule has 0 heterocycles. The largest absolute Gasteiger partial charge is 0.309 e. The van der Waals surface area contributed by atoms with Crippen molar-refractivity contribution in [3.63, 3.8) is 0 Å². The molecule has 0 aliphatic heterocycles. The van der Waals surface area contributed by atoms with Crippen LogP contribution in [0.15, 0.2) is 188 Å². The Hall–Kier alpha value is -6.44. The van der Waals surface area contributed by atoms with Crippen molar-refractivity contribution in [1.82, 2.24) is 0 Å². The Morgan fingerprint density at radius 2 is 0.903 bits per heavy atom. The third kappa shape index (κ3) is 5.09. The van der Waals surface area contributed by atoms with Crippen LogP contribution in [0, 0.1) is 23.7 Å². The van der Waals surface area contributed by atoms with Gasteiger partial charge in [-0.3, -0.25) is 0 Å². The molecule has 1 heteroatoms. The lowest BCUT2D eigenvalue weighted by Crippen LogP contribution is -2.55. The van der Waals surface area contributed by atoms with Crippen LogP contribution in [0.25, 0.3) is 55.6 Å². The van der Waals surface area contributed by atoms with Crippen LogP contribution >= 0.6 is 0 Å². The molecule has 0 aromatic heterocycles. The molecule has 0 atom stereocenters. The van der Waals surface area contributed by atoms with Gasteiger partial charge in [-0.15, -0.1) is 0 Å². The van der Waals surface area contributed by atoms with E-state index in [0.29, 0.717) is 0 Å². The van der Waals surface area contributed by atoms with E-state index in [1.165, 1.54) is 110 Å². The zero-order chi connectivity index (χ0) is 41.2. The van der Waals surface area contributed by atoms with Crippen LogP contribution in [-0.4, -0.2) is 0 Å². The molecule has 1 nitrogen and oxygen atoms in total. The summed E-state index contributed by atoms with van der Waals surface area (Å²) < 4.78 is 0. The van der Waals surface area contributed by atoms with Gasteiger partial charge in [0.15, 0.2) is 0 Å². The second kappa shape index (κ2) is 13.5. The summed E-state index contributed by atoms with van der Waals surface area (Å²) in [6.07, 6.45) is 7.01. The predicted molar refractivity (Wildman–Crippen MR) is 258 cm³/mol. The highest BCUT2D eigenvalue weighted by atomic mass is 15.1. The monoisotopic (exact) mass is 797 g/mol. The fourth-order valence-corrected chi connectivity index (χ4v) is 13.9. The number of anilines is 3. The molecule has 4 fully saturated rings. The average Bonchev–Trinajstić information content (AvgIpc) is 3.74. The first-order valence-corrected chi connectivity index (χ1v) is 23.1. The van der Waals surface area contributed by atoms with Gasteiger partial charge < -0.3 is 4.90 Å². The first kappa shape index (κ1) is 36.2. The summed E-state index contributed by atoms with van der Waals surface area (Å²) in [7, 11) is 0. The van der Waals surface area contributed by atoms with Gasteiger partial charge >= 0.3 is 0 Å². The van der Waals surface area contributed by atoms with Crippen LogP contribution in [0.4, 0.5) is 17.1 Å². The molecule has 14 rings (SSSR count). The number of fused-ring (bicyclic) bond motifs is 6. The molecular weight excluding hydrogens is 747 g/mol. The summed E-state index contributed by atoms with van der Waals surface area (Å²) in [5.41, 5.74) is 22.8. The molecule has 0 unspecified atom stereocenters. The topological polar surface area (TPSA) is 3.24 Å². The SMILES string of the molecule is CC1(C)c2ccccc2-c2ccc(-c3ccc(N(c4ccccc4-c4ccccc4)c4ccccc4-c4cccc5c4-c4ccccc4C54C5CC6CC(C5)CC4C6)cc3)cc21. The maximum atomic E-state index is 2.53. The van der Waals surface area contributed by atoms with Gasteiger partial charge in [0.05, 0.1) is 11.4 Å². The van der Waals surface area contributed by atoms with Crippen molar-refractivity contribution >= 4 is 17.1 Å². The molecule has 0 saturated heterocycles. The number of hydrogen-bond acceptors (Lipinski definition) is 1. The van der Waals surface area contributed by atoms with Gasteiger partial charge in [-0.25, -0.2) is 0 Å². The van der Waals surface area contributed by atoms with Crippen LogP contribution in [-0.2, 0) is 10.8 Å². The Morgan fingerprint density at radius 3 is 1.63 bits per heavy atom. The molecule has 4 bridgehead atoms. The first-order chi connectivity index (χ1) is 30.5. The van der Waals surface area contributed by atoms with E-state index in [9.17, 15) is 0 Å². The minimum atomic E-state index is -0.0442. The zero-order valence-electron chi connectivity index (χ0n) is 35.7. The second-order valence-corrected chi connectivity index (χ2v) is 19.7. The first-order valence-electron chi connectivity index (χ1n) is 23.1. The van der Waals surface area contributed by atoms with E-state index < -0.39 is 0 Å². The van der Waals surface area contributed by atoms with E-state index in [-0.39, 0.29) is 10.8 Å². The molecular formula is C61H51N. The summed E-state index contributed by atoms with van der Waals surface area (Å²) in [5, 5.41) is 0. The van der Waals surface area contributed by atoms with Crippen molar-refractivity contribution < 1.29 is 0 Å². The van der Waals surface area contributed by atoms with Gasteiger partial charge in [0.25, 0.3) is 0 Å². The van der Waals surface area contributed by atoms with Gasteiger partial charge in [-0.05, 0) is 153 Å². The van der Waals surface area contributed by atoms with Crippen molar-refractivity contribution in [3.8, 4) is 55.6 Å². The Morgan fingerprint density at radius 1 is 0.371 bits per heavy atom. The number of hydrogen-bond donors (Lipinski definition) is 0. The lowest BCUT2D eigenvalue weighted by Gasteiger charge is -2.61. The summed E-state index contributed by atoms with van der Waals surface area (Å²) in [5.74, 6) is 3.29. The number of para-hydroxylation sites is 2. The van der Waals surface area contributed by atoms with Crippen LogP contribution < -0.4 is 4.90 Å². The highest BCUT2D eigenvalue weighted by Gasteiger charge is 2.61. The number of benzene rings is 8. The maximum Gasteiger partial charge on any atom is 0.0540 e. The molecule has 300 valence electrons. The minimum absolute atomic E-state index is 0.0442. The van der Waals surface area contributed by atoms with Crippen LogP contribution in [0.1, 0.15) is 68.2 Å². The third-order valence-electron chi connectivity index (χ3n) is 16.3. The lowest BCUT2D eigenvalue weighted by atomic mass is 9.43. The fourth-order valence-electron chi connectivity index (χ4n) is 13.9. The smallest absolute Gasteiger partial charge is 0.0540 e. The molecule has 62 heavy (non-hydrogen) atoms. The summed E-state index contributed by atoms with van der Waals surface area (Å²) >= 11 is 0. The standard InChI is InChI=1S/C61H51N/c1-60(2)53-22-10-6-18-48(53)49-32-29-43(38-56(49)60)41-27-30-46(31-28-41)62(57-25-12-8-17-47(57)42-15-4-3-5-16-42)58-26-13-9-19-50(58)51-21-14-24-55-59(51)52-20-7-11-23-54(52)61(55)44-34-39-33-40(36-44)37-45(61)35-39/h3-32,38-40,44-45H,33-37H2,1-2H3. The highest BCUT2D eigenvalue weighted by molar-refractivity contribution is 6.00. The van der Waals surface area contributed by atoms with Crippen molar-refractivity contribution in [2.45, 2.75) is 56.8 Å². The predicted octanol–water partition coefficient (Wildman–Crippen LogP) is 16.2. The van der Waals surface area contributed by atoms with E-state index in [1.54, 1.807) is 11.1 Å². The van der Waals surface area contributed by atoms with Crippen molar-refractivity contribution in [3.05, 3.63) is 210 Å². The quantitative estimate of drug-likeness (QED) is 0.162. The molecule has 0 amide bonds. The van der Waals surface area contributed by atoms with Crippen molar-refractivity contribution in [1.29, 1.82) is 0 Å². The number of rotatable bonds is 6. The van der Waals surface area contributed by atoms with E-state index in [4.69, 9.17) is 0 Å². The highest BCUT2D eigenvalue weighted by Crippen LogP contribution is 2.70. The summed E-state index contributed by atoms with van der Waals surface area (Å²) in [4.78, 5) is 2.53. The number of nitrogens with zero attached hydrogens (tertiary/aromatic N) is 1. The van der Waals surface area contributed by atoms with Crippen LogP contribution in [0.2, 0.25) is 0 Å². The Bertz CT molecular complexity index is 3030. The van der Waals surface area contributed by atoms with Crippen molar-refractivity contribution in [2.24, 2.45) is 23.7 Å². The van der Waals surface area contributed by atoms with Gasteiger partial charge in [0, 0.05) is 27.6 Å². The molecule has 0 radical (unpaired) electrons. The zero-order valence-corrected chi connectivity index (χ0v) is 35.7. The molecule has 6 aliphatic carbocycles. The third-order valence-corrected chi connectivity index (χ3v) is 16.3. The van der Waals surface area contributed by atoms with E-state index >= 15 is 0 Å². The van der Waals surface area contributed by atoms with E-state index in [2.05, 4.69) is 207 Å². The van der Waals surface area contributed by atoms with Gasteiger partial charge in [-0.2, -0.15) is 0 Å². The average molecular weight is 798 g/mol. The molecule has 6 aliphatic rings. The second-order valence-electron chi connectivity index (χ2n) is 19.7. The van der Waals surface area contributed by atoms with Crippen LogP contribution in [0.3, 0.4) is 0 Å². The molecule has 8 aromatic rings. The summed E-state index contributed by atoms with van der Waals surface area (Å²) in [6.45, 7) is 4.74. The molecule has 0 N–H and O–H groups in total. The van der Waals surface area contributed by atoms with Gasteiger partial charge in [-0.1, -0.05) is 172 Å². The van der Waals surface area contributed by atoms with Crippen molar-refractivity contribution in [2.75, 3.05) is 4.90 Å². The molecule has 4 saturated carbocycles. The molecule has 8 aromatic carbocycles. The van der Waals surface area contributed by atoms with E-state index in [1.807, 2.05) is 0 Å². The van der Waals surface area contributed by atoms with Gasteiger partial charge in [0.1, 0.15) is 0 Å². The lowest BCUT2D eigenvalue weighted by molar-refractivity contribution is -0.0399. The fraction of sp³-hybridized carbons (Fsp3) is 0.213. The van der Waals surface area contributed by atoms with Crippen LogP contribution in [0.5, 0.6) is 0 Å². The van der Waals surface area contributed by atoms with E-state index in [0.717, 1.165) is 29.4 Å². The molecule has 1 spiro atoms. The minimum Gasteiger partial charge on any atom is -0.309 e. The maximum absolute atomic E-state index is 2.53.